The Labute approximate surface area is 121 Å². The average molecular weight is 307 g/mol. The Kier molecular flexibility index (Phi) is 3.42. The first-order chi connectivity index (χ1) is 10.0. The molecule has 3 rings (SSSR count). The molecule has 2 aromatic carbocycles. The van der Waals surface area contributed by atoms with Crippen molar-refractivity contribution in [2.75, 3.05) is 5.73 Å². The number of hydrogen-bond donors (Lipinski definition) is 2. The highest BCUT2D eigenvalue weighted by atomic mass is 32.2. The zero-order valence-electron chi connectivity index (χ0n) is 10.8. The molecule has 108 valence electrons. The molecule has 0 saturated heterocycles. The highest BCUT2D eigenvalue weighted by molar-refractivity contribution is 7.84. The van der Waals surface area contributed by atoms with E-state index < -0.39 is 22.4 Å². The molecule has 0 amide bonds. The molecule has 0 aliphatic carbocycles. The van der Waals surface area contributed by atoms with E-state index in [2.05, 4.69) is 9.97 Å². The van der Waals surface area contributed by atoms with Crippen molar-refractivity contribution in [2.24, 2.45) is 0 Å². The molecule has 21 heavy (non-hydrogen) atoms. The van der Waals surface area contributed by atoms with Gasteiger partial charge < -0.3 is 10.7 Å². The molecule has 0 fully saturated rings. The number of fused-ring (bicyclic) bond motifs is 1. The standard InChI is InChI=1S/C14H11F2N3OS/c15-10-2-1-3-11(16)9(10)7-21(20)14-18-12-5-4-8(17)6-13(12)19-14/h1-6H,7,17H2,(H,18,19). The number of hydrogen-bond acceptors (Lipinski definition) is 3. The molecule has 0 saturated carbocycles. The highest BCUT2D eigenvalue weighted by Crippen LogP contribution is 2.20. The fraction of sp³-hybridized carbons (Fsp3) is 0.0714. The van der Waals surface area contributed by atoms with Crippen molar-refractivity contribution >= 4 is 27.5 Å². The molecule has 1 heterocycles. The van der Waals surface area contributed by atoms with Crippen molar-refractivity contribution in [1.29, 1.82) is 0 Å². The third-order valence-corrected chi connectivity index (χ3v) is 4.21. The Morgan fingerprint density at radius 3 is 2.62 bits per heavy atom. The maximum Gasteiger partial charge on any atom is 0.197 e. The van der Waals surface area contributed by atoms with E-state index in [1.54, 1.807) is 18.2 Å². The number of nitrogen functional groups attached to an aromatic ring is 1. The van der Waals surface area contributed by atoms with E-state index in [-0.39, 0.29) is 16.5 Å². The van der Waals surface area contributed by atoms with Gasteiger partial charge in [0, 0.05) is 11.3 Å². The molecule has 3 aromatic rings. The van der Waals surface area contributed by atoms with Crippen molar-refractivity contribution in [2.45, 2.75) is 10.9 Å². The largest absolute Gasteiger partial charge is 0.399 e. The number of aromatic nitrogens is 2. The maximum atomic E-state index is 13.6. The van der Waals surface area contributed by atoms with Crippen LogP contribution in [0.1, 0.15) is 5.56 Å². The fourth-order valence-electron chi connectivity index (χ4n) is 1.98. The van der Waals surface area contributed by atoms with E-state index in [4.69, 9.17) is 5.73 Å². The lowest BCUT2D eigenvalue weighted by atomic mass is 10.2. The number of nitrogens with zero attached hydrogens (tertiary/aromatic N) is 1. The predicted octanol–water partition coefficient (Wildman–Crippen LogP) is 2.73. The first kappa shape index (κ1) is 13.7. The smallest absolute Gasteiger partial charge is 0.197 e. The minimum absolute atomic E-state index is 0.165. The van der Waals surface area contributed by atoms with Gasteiger partial charge in [-0.25, -0.2) is 13.8 Å². The van der Waals surface area contributed by atoms with Crippen LogP contribution in [0.15, 0.2) is 41.6 Å². The molecule has 0 bridgehead atoms. The van der Waals surface area contributed by atoms with E-state index in [0.717, 1.165) is 12.1 Å². The first-order valence-corrected chi connectivity index (χ1v) is 7.43. The van der Waals surface area contributed by atoms with Crippen LogP contribution in [0.3, 0.4) is 0 Å². The molecule has 0 aliphatic heterocycles. The molecule has 1 unspecified atom stereocenters. The van der Waals surface area contributed by atoms with Gasteiger partial charge in [-0.05, 0) is 30.3 Å². The molecule has 3 N–H and O–H groups in total. The number of anilines is 1. The molecule has 0 spiro atoms. The van der Waals surface area contributed by atoms with Crippen LogP contribution in [-0.4, -0.2) is 14.2 Å². The number of nitrogens with two attached hydrogens (primary N) is 1. The summed E-state index contributed by atoms with van der Waals surface area (Å²) < 4.78 is 39.4. The van der Waals surface area contributed by atoms with Crippen molar-refractivity contribution in [3.05, 3.63) is 53.6 Å². The third-order valence-electron chi connectivity index (χ3n) is 3.04. The second-order valence-corrected chi connectivity index (χ2v) is 5.88. The van der Waals surface area contributed by atoms with E-state index >= 15 is 0 Å². The SMILES string of the molecule is Nc1ccc2nc(S(=O)Cc3c(F)cccc3F)[nH]c2c1. The summed E-state index contributed by atoms with van der Waals surface area (Å²) in [6, 6.07) is 8.55. The molecule has 1 aromatic heterocycles. The van der Waals surface area contributed by atoms with Crippen LogP contribution in [0.25, 0.3) is 11.0 Å². The molecular formula is C14H11F2N3OS. The summed E-state index contributed by atoms with van der Waals surface area (Å²) in [5, 5.41) is 0.165. The maximum absolute atomic E-state index is 13.6. The lowest BCUT2D eigenvalue weighted by Gasteiger charge is -2.03. The minimum atomic E-state index is -1.68. The molecular weight excluding hydrogens is 296 g/mol. The number of H-pyrrole nitrogens is 1. The van der Waals surface area contributed by atoms with Gasteiger partial charge in [0.05, 0.1) is 27.6 Å². The Morgan fingerprint density at radius 2 is 1.90 bits per heavy atom. The Balaban J connectivity index is 1.94. The summed E-state index contributed by atoms with van der Waals surface area (Å²) in [7, 11) is -1.68. The molecule has 4 nitrogen and oxygen atoms in total. The topological polar surface area (TPSA) is 71.8 Å². The van der Waals surface area contributed by atoms with Gasteiger partial charge in [0.2, 0.25) is 0 Å². The summed E-state index contributed by atoms with van der Waals surface area (Å²) in [4.78, 5) is 7.01. The second-order valence-electron chi connectivity index (χ2n) is 4.51. The van der Waals surface area contributed by atoms with Gasteiger partial charge in [-0.1, -0.05) is 6.07 Å². The number of rotatable bonds is 3. The van der Waals surface area contributed by atoms with Gasteiger partial charge >= 0.3 is 0 Å². The fourth-order valence-corrected chi connectivity index (χ4v) is 3.08. The van der Waals surface area contributed by atoms with Crippen molar-refractivity contribution in [3.63, 3.8) is 0 Å². The summed E-state index contributed by atoms with van der Waals surface area (Å²) in [5.74, 6) is -1.72. The van der Waals surface area contributed by atoms with E-state index in [1.165, 1.54) is 6.07 Å². The zero-order chi connectivity index (χ0) is 15.0. The van der Waals surface area contributed by atoms with E-state index in [9.17, 15) is 13.0 Å². The van der Waals surface area contributed by atoms with Gasteiger partial charge in [-0.2, -0.15) is 0 Å². The first-order valence-electron chi connectivity index (χ1n) is 6.11. The van der Waals surface area contributed by atoms with Crippen LogP contribution in [0.5, 0.6) is 0 Å². The van der Waals surface area contributed by atoms with Gasteiger partial charge in [-0.15, -0.1) is 0 Å². The van der Waals surface area contributed by atoms with Gasteiger partial charge in [0.15, 0.2) is 5.16 Å². The van der Waals surface area contributed by atoms with Crippen LogP contribution in [0.4, 0.5) is 14.5 Å². The van der Waals surface area contributed by atoms with E-state index in [1.807, 2.05) is 0 Å². The number of imidazole rings is 1. The summed E-state index contributed by atoms with van der Waals surface area (Å²) in [5.41, 5.74) is 7.21. The van der Waals surface area contributed by atoms with Crippen LogP contribution >= 0.6 is 0 Å². The van der Waals surface area contributed by atoms with Gasteiger partial charge in [0.25, 0.3) is 0 Å². The highest BCUT2D eigenvalue weighted by Gasteiger charge is 2.16. The Bertz CT molecular complexity index is 827. The number of aromatic amines is 1. The van der Waals surface area contributed by atoms with Crippen LogP contribution in [0.2, 0.25) is 0 Å². The van der Waals surface area contributed by atoms with E-state index in [0.29, 0.717) is 16.7 Å². The zero-order valence-corrected chi connectivity index (χ0v) is 11.6. The second kappa shape index (κ2) is 5.25. The quantitative estimate of drug-likeness (QED) is 0.731. The monoisotopic (exact) mass is 307 g/mol. The normalized spacial score (nSPS) is 12.7. The van der Waals surface area contributed by atoms with Crippen molar-refractivity contribution in [3.8, 4) is 0 Å². The molecule has 1 atom stereocenters. The van der Waals surface area contributed by atoms with Gasteiger partial charge in [0.1, 0.15) is 11.6 Å². The Morgan fingerprint density at radius 1 is 1.19 bits per heavy atom. The molecule has 7 heteroatoms. The summed E-state index contributed by atoms with van der Waals surface area (Å²) in [6.07, 6.45) is 0. The number of nitrogens with one attached hydrogen (secondary N) is 1. The van der Waals surface area contributed by atoms with Crippen molar-refractivity contribution < 1.29 is 13.0 Å². The lowest BCUT2D eigenvalue weighted by molar-refractivity contribution is 0.564. The average Bonchev–Trinajstić information content (AvgIpc) is 2.86. The minimum Gasteiger partial charge on any atom is -0.399 e. The number of halogens is 2. The van der Waals surface area contributed by atoms with Crippen LogP contribution in [0, 0.1) is 11.6 Å². The summed E-state index contributed by atoms with van der Waals surface area (Å²) >= 11 is 0. The summed E-state index contributed by atoms with van der Waals surface area (Å²) in [6.45, 7) is 0. The van der Waals surface area contributed by atoms with Crippen LogP contribution in [-0.2, 0) is 16.6 Å². The number of benzene rings is 2. The predicted molar refractivity (Wildman–Crippen MR) is 77.0 cm³/mol. The Hall–Kier alpha value is -2.28. The van der Waals surface area contributed by atoms with Gasteiger partial charge in [-0.3, -0.25) is 4.21 Å². The van der Waals surface area contributed by atoms with Crippen molar-refractivity contribution in [1.82, 2.24) is 9.97 Å². The molecule has 0 radical (unpaired) electrons. The lowest BCUT2D eigenvalue weighted by Crippen LogP contribution is -2.03. The third kappa shape index (κ3) is 2.64. The van der Waals surface area contributed by atoms with Crippen LogP contribution < -0.4 is 5.73 Å². The molecule has 0 aliphatic rings.